The summed E-state index contributed by atoms with van der Waals surface area (Å²) in [5.74, 6) is 1.06. The van der Waals surface area contributed by atoms with E-state index in [2.05, 4.69) is 12.2 Å². The molecule has 0 radical (unpaired) electrons. The Bertz CT molecular complexity index is 342. The maximum atomic E-state index is 9.68. The molecule has 0 aliphatic heterocycles. The molecular weight excluding hydrogens is 230 g/mol. The van der Waals surface area contributed by atoms with Crippen molar-refractivity contribution in [3.05, 3.63) is 23.8 Å². The number of hydrogen-bond acceptors (Lipinski definition) is 4. The van der Waals surface area contributed by atoms with Crippen LogP contribution in [0.25, 0.3) is 0 Å². The predicted octanol–water partition coefficient (Wildman–Crippen LogP) is 2.31. The molecule has 0 aliphatic carbocycles. The summed E-state index contributed by atoms with van der Waals surface area (Å²) < 4.78 is 10.5. The SMILES string of the molecule is CCCOCCCNCc1cc(OC)ccc1O. The summed E-state index contributed by atoms with van der Waals surface area (Å²) in [6, 6.07) is 5.24. The molecule has 102 valence electrons. The Balaban J connectivity index is 2.22. The van der Waals surface area contributed by atoms with Crippen LogP contribution in [-0.4, -0.2) is 32.0 Å². The van der Waals surface area contributed by atoms with E-state index >= 15 is 0 Å². The van der Waals surface area contributed by atoms with Crippen molar-refractivity contribution < 1.29 is 14.6 Å². The van der Waals surface area contributed by atoms with Gasteiger partial charge in [0, 0.05) is 25.3 Å². The van der Waals surface area contributed by atoms with Crippen LogP contribution < -0.4 is 10.1 Å². The van der Waals surface area contributed by atoms with Crippen LogP contribution in [0.5, 0.6) is 11.5 Å². The molecule has 0 spiro atoms. The molecule has 18 heavy (non-hydrogen) atoms. The molecule has 1 aromatic rings. The average Bonchev–Trinajstić information content (AvgIpc) is 2.39. The Labute approximate surface area is 109 Å². The van der Waals surface area contributed by atoms with Gasteiger partial charge >= 0.3 is 0 Å². The first-order valence-corrected chi connectivity index (χ1v) is 6.42. The van der Waals surface area contributed by atoms with Gasteiger partial charge in [0.25, 0.3) is 0 Å². The average molecular weight is 253 g/mol. The Hall–Kier alpha value is -1.26. The fraction of sp³-hybridized carbons (Fsp3) is 0.571. The van der Waals surface area contributed by atoms with Crippen molar-refractivity contribution in [2.75, 3.05) is 26.9 Å². The van der Waals surface area contributed by atoms with Crippen molar-refractivity contribution in [1.29, 1.82) is 0 Å². The number of methoxy groups -OCH3 is 1. The fourth-order valence-electron chi connectivity index (χ4n) is 1.60. The van der Waals surface area contributed by atoms with E-state index in [0.29, 0.717) is 12.3 Å². The van der Waals surface area contributed by atoms with Crippen molar-refractivity contribution in [3.8, 4) is 11.5 Å². The summed E-state index contributed by atoms with van der Waals surface area (Å²) in [6.45, 7) is 5.22. The van der Waals surface area contributed by atoms with E-state index in [-0.39, 0.29) is 0 Å². The molecule has 4 heteroatoms. The van der Waals surface area contributed by atoms with E-state index in [1.54, 1.807) is 19.2 Å². The van der Waals surface area contributed by atoms with E-state index in [0.717, 1.165) is 43.9 Å². The van der Waals surface area contributed by atoms with Crippen LogP contribution in [0, 0.1) is 0 Å². The van der Waals surface area contributed by atoms with Gasteiger partial charge in [0.05, 0.1) is 7.11 Å². The first kappa shape index (κ1) is 14.8. The van der Waals surface area contributed by atoms with Crippen molar-refractivity contribution in [2.45, 2.75) is 26.3 Å². The van der Waals surface area contributed by atoms with Gasteiger partial charge in [0.1, 0.15) is 11.5 Å². The normalized spacial score (nSPS) is 10.6. The highest BCUT2D eigenvalue weighted by Crippen LogP contribution is 2.22. The van der Waals surface area contributed by atoms with E-state index in [1.165, 1.54) is 0 Å². The van der Waals surface area contributed by atoms with E-state index in [9.17, 15) is 5.11 Å². The van der Waals surface area contributed by atoms with Crippen LogP contribution in [-0.2, 0) is 11.3 Å². The van der Waals surface area contributed by atoms with Gasteiger partial charge in [-0.2, -0.15) is 0 Å². The van der Waals surface area contributed by atoms with E-state index in [1.807, 2.05) is 6.07 Å². The third-order valence-corrected chi connectivity index (χ3v) is 2.59. The quantitative estimate of drug-likeness (QED) is 0.663. The highest BCUT2D eigenvalue weighted by Gasteiger charge is 2.02. The van der Waals surface area contributed by atoms with Gasteiger partial charge in [0.15, 0.2) is 0 Å². The zero-order valence-corrected chi connectivity index (χ0v) is 11.2. The molecule has 0 amide bonds. The summed E-state index contributed by atoms with van der Waals surface area (Å²) in [5.41, 5.74) is 0.851. The topological polar surface area (TPSA) is 50.7 Å². The van der Waals surface area contributed by atoms with Crippen LogP contribution in [0.15, 0.2) is 18.2 Å². The second-order valence-corrected chi connectivity index (χ2v) is 4.14. The smallest absolute Gasteiger partial charge is 0.120 e. The summed E-state index contributed by atoms with van der Waals surface area (Å²) in [7, 11) is 1.62. The van der Waals surface area contributed by atoms with Crippen molar-refractivity contribution in [3.63, 3.8) is 0 Å². The number of benzene rings is 1. The lowest BCUT2D eigenvalue weighted by Gasteiger charge is -2.09. The largest absolute Gasteiger partial charge is 0.508 e. The molecule has 0 saturated heterocycles. The Morgan fingerprint density at radius 2 is 2.11 bits per heavy atom. The van der Waals surface area contributed by atoms with Crippen LogP contribution in [0.1, 0.15) is 25.3 Å². The molecule has 0 bridgehead atoms. The summed E-state index contributed by atoms with van der Waals surface area (Å²) >= 11 is 0. The molecule has 0 atom stereocenters. The number of nitrogens with one attached hydrogen (secondary N) is 1. The third kappa shape index (κ3) is 5.38. The second kappa shape index (κ2) is 8.78. The zero-order chi connectivity index (χ0) is 13.2. The molecule has 0 fully saturated rings. The van der Waals surface area contributed by atoms with Gasteiger partial charge in [-0.1, -0.05) is 6.92 Å². The standard InChI is InChI=1S/C14H23NO3/c1-3-8-18-9-4-7-15-11-12-10-13(17-2)5-6-14(12)16/h5-6,10,15-16H,3-4,7-9,11H2,1-2H3. The van der Waals surface area contributed by atoms with Crippen LogP contribution in [0.3, 0.4) is 0 Å². The van der Waals surface area contributed by atoms with E-state index in [4.69, 9.17) is 9.47 Å². The Kier molecular flexibility index (Phi) is 7.22. The van der Waals surface area contributed by atoms with Crippen molar-refractivity contribution in [1.82, 2.24) is 5.32 Å². The first-order chi connectivity index (χ1) is 8.77. The molecule has 0 aromatic heterocycles. The van der Waals surface area contributed by atoms with Gasteiger partial charge in [-0.25, -0.2) is 0 Å². The third-order valence-electron chi connectivity index (χ3n) is 2.59. The minimum absolute atomic E-state index is 0.297. The highest BCUT2D eigenvalue weighted by molar-refractivity contribution is 5.39. The maximum absolute atomic E-state index is 9.68. The minimum atomic E-state index is 0.297. The van der Waals surface area contributed by atoms with Crippen molar-refractivity contribution >= 4 is 0 Å². The maximum Gasteiger partial charge on any atom is 0.120 e. The number of aromatic hydroxyl groups is 1. The number of phenols is 1. The van der Waals surface area contributed by atoms with Gasteiger partial charge in [-0.05, 0) is 37.6 Å². The molecule has 0 heterocycles. The molecule has 2 N–H and O–H groups in total. The molecular formula is C14H23NO3. The van der Waals surface area contributed by atoms with Crippen molar-refractivity contribution in [2.24, 2.45) is 0 Å². The summed E-state index contributed by atoms with van der Waals surface area (Å²) in [4.78, 5) is 0. The van der Waals surface area contributed by atoms with E-state index < -0.39 is 0 Å². The fourth-order valence-corrected chi connectivity index (χ4v) is 1.60. The minimum Gasteiger partial charge on any atom is -0.508 e. The van der Waals surface area contributed by atoms with Gasteiger partial charge < -0.3 is 19.9 Å². The van der Waals surface area contributed by atoms with Crippen LogP contribution >= 0.6 is 0 Å². The number of hydrogen-bond donors (Lipinski definition) is 2. The van der Waals surface area contributed by atoms with Crippen LogP contribution in [0.4, 0.5) is 0 Å². The monoisotopic (exact) mass is 253 g/mol. The lowest BCUT2D eigenvalue weighted by molar-refractivity contribution is 0.132. The molecule has 0 saturated carbocycles. The summed E-state index contributed by atoms with van der Waals surface area (Å²) in [6.07, 6.45) is 2.04. The number of ether oxygens (including phenoxy) is 2. The van der Waals surface area contributed by atoms with Crippen LogP contribution in [0.2, 0.25) is 0 Å². The zero-order valence-electron chi connectivity index (χ0n) is 11.2. The first-order valence-electron chi connectivity index (χ1n) is 6.42. The summed E-state index contributed by atoms with van der Waals surface area (Å²) in [5, 5.41) is 13.0. The van der Waals surface area contributed by atoms with Gasteiger partial charge in [-0.3, -0.25) is 0 Å². The number of phenolic OH excluding ortho intramolecular Hbond substituents is 1. The van der Waals surface area contributed by atoms with Gasteiger partial charge in [0.2, 0.25) is 0 Å². The number of rotatable bonds is 9. The molecule has 4 nitrogen and oxygen atoms in total. The molecule has 1 rings (SSSR count). The lowest BCUT2D eigenvalue weighted by atomic mass is 10.2. The predicted molar refractivity (Wildman–Crippen MR) is 72.1 cm³/mol. The molecule has 0 unspecified atom stereocenters. The second-order valence-electron chi connectivity index (χ2n) is 4.14. The molecule has 0 aliphatic rings. The lowest BCUT2D eigenvalue weighted by Crippen LogP contribution is -2.16. The van der Waals surface area contributed by atoms with Gasteiger partial charge in [-0.15, -0.1) is 0 Å². The molecule has 1 aromatic carbocycles. The Morgan fingerprint density at radius 1 is 1.28 bits per heavy atom. The highest BCUT2D eigenvalue weighted by atomic mass is 16.5. The Morgan fingerprint density at radius 3 is 2.83 bits per heavy atom.